The van der Waals surface area contributed by atoms with Gasteiger partial charge in [-0.25, -0.2) is 5.84 Å². The van der Waals surface area contributed by atoms with Crippen LogP contribution in [-0.2, 0) is 0 Å². The van der Waals surface area contributed by atoms with Crippen molar-refractivity contribution in [2.75, 3.05) is 11.2 Å². The van der Waals surface area contributed by atoms with Crippen molar-refractivity contribution in [3.05, 3.63) is 38.4 Å². The van der Waals surface area contributed by atoms with E-state index in [2.05, 4.69) is 15.4 Å². The lowest BCUT2D eigenvalue weighted by Gasteiger charge is -2.10. The van der Waals surface area contributed by atoms with Gasteiger partial charge < -0.3 is 15.9 Å². The average molecular weight is 331 g/mol. The first-order chi connectivity index (χ1) is 9.90. The van der Waals surface area contributed by atoms with E-state index in [1.54, 1.807) is 0 Å². The summed E-state index contributed by atoms with van der Waals surface area (Å²) in [5.41, 5.74) is 7.50. The van der Waals surface area contributed by atoms with Crippen LogP contribution >= 0.6 is 23.2 Å². The lowest BCUT2D eigenvalue weighted by atomic mass is 10.3. The van der Waals surface area contributed by atoms with Gasteiger partial charge in [-0.05, 0) is 0 Å². The number of hydrogen-bond donors (Lipinski definition) is 3. The topological polar surface area (TPSA) is 142 Å². The minimum Gasteiger partial charge on any atom is -0.436 e. The van der Waals surface area contributed by atoms with E-state index >= 15 is 0 Å². The third-order valence-electron chi connectivity index (χ3n) is 2.27. The molecule has 1 aromatic heterocycles. The van der Waals surface area contributed by atoms with Gasteiger partial charge in [-0.15, -0.1) is 0 Å². The Morgan fingerprint density at radius 3 is 2.38 bits per heavy atom. The van der Waals surface area contributed by atoms with E-state index in [1.165, 1.54) is 6.07 Å². The molecular weight excluding hydrogens is 323 g/mol. The summed E-state index contributed by atoms with van der Waals surface area (Å²) in [7, 11) is 0. The Hall–Kier alpha value is -2.36. The van der Waals surface area contributed by atoms with E-state index in [1.807, 2.05) is 0 Å². The molecule has 0 radical (unpaired) electrons. The van der Waals surface area contributed by atoms with Crippen LogP contribution < -0.4 is 21.7 Å². The highest BCUT2D eigenvalue weighted by Gasteiger charge is 2.17. The summed E-state index contributed by atoms with van der Waals surface area (Å²) in [6.07, 6.45) is 0. The van der Waals surface area contributed by atoms with Crippen LogP contribution in [0.2, 0.25) is 10.0 Å². The number of benzene rings is 1. The second-order valence-corrected chi connectivity index (χ2v) is 4.51. The largest absolute Gasteiger partial charge is 0.436 e. The molecule has 0 unspecified atom stereocenters. The molecule has 0 saturated heterocycles. The number of nitro groups is 1. The van der Waals surface area contributed by atoms with Crippen LogP contribution in [0.25, 0.3) is 0 Å². The summed E-state index contributed by atoms with van der Waals surface area (Å²) in [6, 6.07) is 3.56. The molecule has 1 heterocycles. The molecule has 21 heavy (non-hydrogen) atoms. The van der Waals surface area contributed by atoms with Crippen LogP contribution in [0.1, 0.15) is 0 Å². The highest BCUT2D eigenvalue weighted by Crippen LogP contribution is 2.39. The fourth-order valence-electron chi connectivity index (χ4n) is 1.42. The number of rotatable bonds is 4. The van der Waals surface area contributed by atoms with Crippen molar-refractivity contribution < 1.29 is 9.66 Å². The van der Waals surface area contributed by atoms with Crippen molar-refractivity contribution in [3.63, 3.8) is 0 Å². The van der Waals surface area contributed by atoms with E-state index in [9.17, 15) is 10.1 Å². The maximum Gasteiger partial charge on any atom is 0.272 e. The Balaban J connectivity index is 2.40. The summed E-state index contributed by atoms with van der Waals surface area (Å²) in [5, 5.41) is 10.6. The van der Waals surface area contributed by atoms with Gasteiger partial charge in [-0.2, -0.15) is 9.97 Å². The van der Waals surface area contributed by atoms with Crippen LogP contribution in [0.5, 0.6) is 11.6 Å². The number of halogens is 2. The maximum absolute atomic E-state index is 10.7. The summed E-state index contributed by atoms with van der Waals surface area (Å²) in [6.45, 7) is 0. The van der Waals surface area contributed by atoms with E-state index in [-0.39, 0.29) is 39.1 Å². The lowest BCUT2D eigenvalue weighted by Crippen LogP contribution is -2.10. The third-order valence-corrected chi connectivity index (χ3v) is 2.83. The smallest absolute Gasteiger partial charge is 0.272 e. The molecule has 5 N–H and O–H groups in total. The first kappa shape index (κ1) is 15.0. The zero-order valence-corrected chi connectivity index (χ0v) is 11.7. The molecule has 2 aromatic rings. The number of nitrogens with one attached hydrogen (secondary N) is 1. The number of nitrogen functional groups attached to an aromatic ring is 2. The number of anilines is 2. The lowest BCUT2D eigenvalue weighted by molar-refractivity contribution is -0.384. The van der Waals surface area contributed by atoms with Crippen LogP contribution in [-0.4, -0.2) is 14.9 Å². The first-order valence-electron chi connectivity index (χ1n) is 5.33. The Morgan fingerprint density at radius 1 is 1.24 bits per heavy atom. The van der Waals surface area contributed by atoms with Gasteiger partial charge in [0.15, 0.2) is 5.75 Å². The first-order valence-corrected chi connectivity index (χ1v) is 6.08. The van der Waals surface area contributed by atoms with Crippen molar-refractivity contribution in [1.29, 1.82) is 0 Å². The number of non-ortho nitro benzene ring substituents is 1. The summed E-state index contributed by atoms with van der Waals surface area (Å²) < 4.78 is 5.38. The number of hydrazine groups is 1. The summed E-state index contributed by atoms with van der Waals surface area (Å²) in [4.78, 5) is 17.7. The SMILES string of the molecule is NNc1cc(Oc2c(Cl)cc([N+](=O)[O-])cc2Cl)nc(N)n1. The predicted molar refractivity (Wildman–Crippen MR) is 77.4 cm³/mol. The van der Waals surface area contributed by atoms with E-state index in [4.69, 9.17) is 39.5 Å². The Kier molecular flexibility index (Phi) is 4.26. The highest BCUT2D eigenvalue weighted by molar-refractivity contribution is 6.37. The molecule has 0 spiro atoms. The zero-order chi connectivity index (χ0) is 15.6. The van der Waals surface area contributed by atoms with E-state index in [0.717, 1.165) is 12.1 Å². The third kappa shape index (κ3) is 3.40. The number of ether oxygens (including phenoxy) is 1. The maximum atomic E-state index is 10.7. The molecule has 0 aliphatic rings. The quantitative estimate of drug-likeness (QED) is 0.440. The Labute approximate surface area is 128 Å². The van der Waals surface area contributed by atoms with Gasteiger partial charge in [-0.3, -0.25) is 10.1 Å². The van der Waals surface area contributed by atoms with Gasteiger partial charge in [0.2, 0.25) is 11.8 Å². The minimum absolute atomic E-state index is 0.00463. The molecule has 0 fully saturated rings. The normalized spacial score (nSPS) is 10.2. The van der Waals surface area contributed by atoms with Crippen molar-refractivity contribution in [3.8, 4) is 11.6 Å². The Bertz CT molecular complexity index is 688. The molecule has 2 rings (SSSR count). The van der Waals surface area contributed by atoms with Crippen LogP contribution in [0.15, 0.2) is 18.2 Å². The molecule has 0 amide bonds. The molecule has 0 aliphatic carbocycles. The minimum atomic E-state index is -0.624. The molecule has 0 saturated carbocycles. The number of hydrogen-bond acceptors (Lipinski definition) is 8. The van der Waals surface area contributed by atoms with Crippen molar-refractivity contribution in [1.82, 2.24) is 9.97 Å². The van der Waals surface area contributed by atoms with Crippen molar-refractivity contribution in [2.24, 2.45) is 5.84 Å². The second kappa shape index (κ2) is 5.95. The zero-order valence-electron chi connectivity index (χ0n) is 10.2. The van der Waals surface area contributed by atoms with E-state index < -0.39 is 4.92 Å². The summed E-state index contributed by atoms with van der Waals surface area (Å²) >= 11 is 11.8. The van der Waals surface area contributed by atoms with Crippen molar-refractivity contribution >= 4 is 40.7 Å². The van der Waals surface area contributed by atoms with Gasteiger partial charge >= 0.3 is 0 Å². The monoisotopic (exact) mass is 330 g/mol. The molecule has 110 valence electrons. The van der Waals surface area contributed by atoms with E-state index in [0.29, 0.717) is 0 Å². The molecule has 1 aromatic carbocycles. The number of nitrogens with zero attached hydrogens (tertiary/aromatic N) is 3. The van der Waals surface area contributed by atoms with Gasteiger partial charge in [0, 0.05) is 18.2 Å². The fourth-order valence-corrected chi connectivity index (χ4v) is 1.98. The van der Waals surface area contributed by atoms with Gasteiger partial charge in [0.05, 0.1) is 15.0 Å². The van der Waals surface area contributed by atoms with Gasteiger partial charge in [0.25, 0.3) is 5.69 Å². The molecule has 0 bridgehead atoms. The predicted octanol–water partition coefficient (Wildman–Crippen LogP) is 2.35. The fraction of sp³-hybridized carbons (Fsp3) is 0. The van der Waals surface area contributed by atoms with Gasteiger partial charge in [0.1, 0.15) is 5.82 Å². The van der Waals surface area contributed by atoms with Crippen LogP contribution in [0, 0.1) is 10.1 Å². The highest BCUT2D eigenvalue weighted by atomic mass is 35.5. The van der Waals surface area contributed by atoms with Crippen LogP contribution in [0.3, 0.4) is 0 Å². The molecule has 11 heteroatoms. The van der Waals surface area contributed by atoms with Gasteiger partial charge in [-0.1, -0.05) is 23.2 Å². The van der Waals surface area contributed by atoms with Crippen LogP contribution in [0.4, 0.5) is 17.5 Å². The number of aromatic nitrogens is 2. The molecule has 0 aliphatic heterocycles. The average Bonchev–Trinajstić information content (AvgIpc) is 2.41. The number of nitro benzene ring substituents is 1. The molecular formula is C10H8Cl2N6O3. The molecule has 9 nitrogen and oxygen atoms in total. The van der Waals surface area contributed by atoms with Crippen molar-refractivity contribution in [2.45, 2.75) is 0 Å². The second-order valence-electron chi connectivity index (χ2n) is 3.69. The summed E-state index contributed by atoms with van der Waals surface area (Å²) in [5.74, 6) is 5.37. The molecule has 0 atom stereocenters. The standard InChI is InChI=1S/C10H8Cl2N6O3/c11-5-1-4(18(19)20)2-6(12)9(5)21-8-3-7(17-14)15-10(13)16-8/h1-3H,14H2,(H3,13,15,16,17). The Morgan fingerprint density at radius 2 is 1.86 bits per heavy atom. The number of nitrogens with two attached hydrogens (primary N) is 2.